The highest BCUT2D eigenvalue weighted by Gasteiger charge is 2.35. The van der Waals surface area contributed by atoms with E-state index in [0.717, 1.165) is 25.8 Å². The monoisotopic (exact) mass is 358 g/mol. The third-order valence-corrected chi connectivity index (χ3v) is 6.91. The molecule has 2 aliphatic rings. The lowest BCUT2D eigenvalue weighted by atomic mass is 9.73. The van der Waals surface area contributed by atoms with E-state index in [4.69, 9.17) is 0 Å². The average Bonchev–Trinajstić information content (AvgIpc) is 3.32. The predicted octanol–water partition coefficient (Wildman–Crippen LogP) is 3.53. The van der Waals surface area contributed by atoms with E-state index in [-0.39, 0.29) is 17.5 Å². The average molecular weight is 359 g/mol. The topological polar surface area (TPSA) is 69.8 Å². The lowest BCUT2D eigenvalue weighted by Crippen LogP contribution is -2.49. The minimum absolute atomic E-state index is 0.0329. The van der Waals surface area contributed by atoms with Crippen LogP contribution in [0, 0.1) is 0 Å². The first-order chi connectivity index (χ1) is 12.3. The van der Waals surface area contributed by atoms with E-state index in [1.165, 1.54) is 48.2 Å². The van der Waals surface area contributed by atoms with Gasteiger partial charge < -0.3 is 10.6 Å². The number of hydrogen-bond acceptors (Lipinski definition) is 3. The van der Waals surface area contributed by atoms with E-state index >= 15 is 0 Å². The number of fused-ring (bicyclic) bond motifs is 1. The van der Waals surface area contributed by atoms with Gasteiger partial charge >= 0.3 is 6.03 Å². The summed E-state index contributed by atoms with van der Waals surface area (Å²) in [5.74, 6) is 0. The molecule has 3 N–H and O–H groups in total. The number of nitrogens with one attached hydrogen (secondary N) is 3. The number of thiophene rings is 1. The fourth-order valence-corrected chi connectivity index (χ4v) is 5.32. The van der Waals surface area contributed by atoms with Gasteiger partial charge in [0.2, 0.25) is 0 Å². The molecular weight excluding hydrogens is 332 g/mol. The third-order valence-electron chi connectivity index (χ3n) is 5.80. The smallest absolute Gasteiger partial charge is 0.315 e. The van der Waals surface area contributed by atoms with Crippen molar-refractivity contribution in [2.45, 2.75) is 62.8 Å². The Hall–Kier alpha value is -1.82. The summed E-state index contributed by atoms with van der Waals surface area (Å²) in [6.45, 7) is 0.737. The van der Waals surface area contributed by atoms with Crippen molar-refractivity contribution in [1.82, 2.24) is 20.8 Å². The Balaban J connectivity index is 1.34. The van der Waals surface area contributed by atoms with Crippen molar-refractivity contribution in [2.24, 2.45) is 0 Å². The van der Waals surface area contributed by atoms with Gasteiger partial charge in [-0.15, -0.1) is 11.3 Å². The number of hydrogen-bond donors (Lipinski definition) is 3. The van der Waals surface area contributed by atoms with Crippen molar-refractivity contribution in [3.63, 3.8) is 0 Å². The van der Waals surface area contributed by atoms with Gasteiger partial charge in [-0.05, 0) is 42.7 Å². The summed E-state index contributed by atoms with van der Waals surface area (Å²) in [5, 5.41) is 15.6. The lowest BCUT2D eigenvalue weighted by molar-refractivity contribution is 0.225. The number of carbonyl (C=O) groups is 1. The number of urea groups is 1. The highest BCUT2D eigenvalue weighted by Crippen LogP contribution is 2.41. The quantitative estimate of drug-likeness (QED) is 0.782. The molecular formula is C19H26N4OS. The molecule has 1 fully saturated rings. The summed E-state index contributed by atoms with van der Waals surface area (Å²) < 4.78 is 0. The molecule has 2 amide bonds. The van der Waals surface area contributed by atoms with Crippen molar-refractivity contribution in [1.29, 1.82) is 0 Å². The van der Waals surface area contributed by atoms with Gasteiger partial charge in [-0.25, -0.2) is 4.79 Å². The largest absolute Gasteiger partial charge is 0.337 e. The Morgan fingerprint density at radius 2 is 2.24 bits per heavy atom. The molecule has 1 saturated carbocycles. The molecule has 1 unspecified atom stereocenters. The number of aryl methyl sites for hydroxylation is 1. The summed E-state index contributed by atoms with van der Waals surface area (Å²) in [5.41, 5.74) is 2.59. The second-order valence-corrected chi connectivity index (χ2v) is 8.41. The maximum atomic E-state index is 12.5. The number of amides is 2. The summed E-state index contributed by atoms with van der Waals surface area (Å²) in [4.78, 5) is 13.9. The number of nitrogens with zero attached hydrogens (tertiary/aromatic N) is 1. The number of aromatic amines is 1. The van der Waals surface area contributed by atoms with Crippen LogP contribution in [0.3, 0.4) is 0 Å². The minimum Gasteiger partial charge on any atom is -0.337 e. The Morgan fingerprint density at radius 3 is 3.04 bits per heavy atom. The predicted molar refractivity (Wildman–Crippen MR) is 100 cm³/mol. The Kier molecular flexibility index (Phi) is 4.79. The van der Waals surface area contributed by atoms with Gasteiger partial charge in [0.1, 0.15) is 0 Å². The molecule has 134 valence electrons. The second-order valence-electron chi connectivity index (χ2n) is 7.46. The van der Waals surface area contributed by atoms with Crippen molar-refractivity contribution < 1.29 is 4.79 Å². The zero-order valence-corrected chi connectivity index (χ0v) is 15.3. The van der Waals surface area contributed by atoms with Gasteiger partial charge in [-0.1, -0.05) is 25.3 Å². The fourth-order valence-electron chi connectivity index (χ4n) is 4.34. The van der Waals surface area contributed by atoms with Gasteiger partial charge in [0, 0.05) is 35.0 Å². The Bertz CT molecular complexity index is 703. The zero-order chi connectivity index (χ0) is 17.1. The van der Waals surface area contributed by atoms with E-state index in [0.29, 0.717) is 0 Å². The second kappa shape index (κ2) is 7.20. The first kappa shape index (κ1) is 16.6. The van der Waals surface area contributed by atoms with Crippen molar-refractivity contribution >= 4 is 17.4 Å². The Labute approximate surface area is 152 Å². The van der Waals surface area contributed by atoms with Crippen LogP contribution < -0.4 is 10.6 Å². The normalized spacial score (nSPS) is 22.2. The van der Waals surface area contributed by atoms with Gasteiger partial charge in [0.25, 0.3) is 0 Å². The molecule has 2 aliphatic carbocycles. The van der Waals surface area contributed by atoms with Crippen LogP contribution in [-0.4, -0.2) is 28.8 Å². The number of carbonyl (C=O) groups excluding carboxylic acids is 1. The molecule has 2 aromatic heterocycles. The standard InChI is InChI=1S/C19H26N4OS/c24-18(22-15-7-6-14-12-21-23-16(14)11-15)20-13-19(8-2-1-3-9-19)17-5-4-10-25-17/h4-5,10,12,15H,1-3,6-9,11,13H2,(H,21,23)(H2,20,22,24). The van der Waals surface area contributed by atoms with E-state index in [2.05, 4.69) is 38.3 Å². The van der Waals surface area contributed by atoms with Gasteiger partial charge in [0.15, 0.2) is 0 Å². The fraction of sp³-hybridized carbons (Fsp3) is 0.579. The van der Waals surface area contributed by atoms with E-state index in [1.807, 2.05) is 17.5 Å². The molecule has 4 rings (SSSR count). The first-order valence-electron chi connectivity index (χ1n) is 9.35. The van der Waals surface area contributed by atoms with E-state index in [1.54, 1.807) is 0 Å². The minimum atomic E-state index is -0.0329. The highest BCUT2D eigenvalue weighted by molar-refractivity contribution is 7.10. The Morgan fingerprint density at radius 1 is 1.36 bits per heavy atom. The van der Waals surface area contributed by atoms with Crippen LogP contribution >= 0.6 is 11.3 Å². The van der Waals surface area contributed by atoms with Crippen molar-refractivity contribution in [3.05, 3.63) is 39.8 Å². The summed E-state index contributed by atoms with van der Waals surface area (Å²) in [7, 11) is 0. The molecule has 0 spiro atoms. The first-order valence-corrected chi connectivity index (χ1v) is 10.2. The molecule has 5 nitrogen and oxygen atoms in total. The van der Waals surface area contributed by atoms with Crippen LogP contribution in [-0.2, 0) is 18.3 Å². The summed E-state index contributed by atoms with van der Waals surface area (Å²) in [6, 6.07) is 4.52. The van der Waals surface area contributed by atoms with Crippen LogP contribution in [0.4, 0.5) is 4.79 Å². The molecule has 0 aliphatic heterocycles. The summed E-state index contributed by atoms with van der Waals surface area (Å²) in [6.07, 6.45) is 10.9. The SMILES string of the molecule is O=C(NCC1(c2cccs2)CCCCC1)NC1CCc2cn[nH]c2C1. The molecule has 0 aromatic carbocycles. The molecule has 2 aromatic rings. The lowest BCUT2D eigenvalue weighted by Gasteiger charge is -2.37. The van der Waals surface area contributed by atoms with Gasteiger partial charge in [-0.2, -0.15) is 5.10 Å². The van der Waals surface area contributed by atoms with E-state index in [9.17, 15) is 4.79 Å². The van der Waals surface area contributed by atoms with Gasteiger partial charge in [-0.3, -0.25) is 5.10 Å². The van der Waals surface area contributed by atoms with Crippen LogP contribution in [0.2, 0.25) is 0 Å². The van der Waals surface area contributed by atoms with Gasteiger partial charge in [0.05, 0.1) is 6.20 Å². The van der Waals surface area contributed by atoms with Crippen LogP contribution in [0.1, 0.15) is 54.7 Å². The maximum Gasteiger partial charge on any atom is 0.315 e. The molecule has 0 bridgehead atoms. The molecule has 0 saturated heterocycles. The molecule has 1 atom stereocenters. The zero-order valence-electron chi connectivity index (χ0n) is 14.5. The third kappa shape index (κ3) is 3.59. The van der Waals surface area contributed by atoms with Crippen LogP contribution in [0.25, 0.3) is 0 Å². The van der Waals surface area contributed by atoms with Crippen molar-refractivity contribution in [3.8, 4) is 0 Å². The van der Waals surface area contributed by atoms with E-state index < -0.39 is 0 Å². The van der Waals surface area contributed by atoms with Crippen LogP contribution in [0.5, 0.6) is 0 Å². The molecule has 6 heteroatoms. The summed E-state index contributed by atoms with van der Waals surface area (Å²) >= 11 is 1.83. The van der Waals surface area contributed by atoms with Crippen LogP contribution in [0.15, 0.2) is 23.7 Å². The molecule has 0 radical (unpaired) electrons. The maximum absolute atomic E-state index is 12.5. The van der Waals surface area contributed by atoms with Crippen molar-refractivity contribution in [2.75, 3.05) is 6.54 Å². The molecule has 25 heavy (non-hydrogen) atoms. The molecule has 2 heterocycles. The highest BCUT2D eigenvalue weighted by atomic mass is 32.1. The number of H-pyrrole nitrogens is 1. The number of rotatable bonds is 4. The number of aromatic nitrogens is 2.